The fraction of sp³-hybridized carbons (Fsp3) is 1.00. The molecule has 0 radical (unpaired) electrons. The summed E-state index contributed by atoms with van der Waals surface area (Å²) >= 11 is 0. The minimum Gasteiger partial charge on any atom is -0.376 e. The van der Waals surface area contributed by atoms with Gasteiger partial charge in [0.15, 0.2) is 0 Å². The molecular weight excluding hydrogens is 140 g/mol. The molecule has 1 fully saturated rings. The van der Waals surface area contributed by atoms with Crippen LogP contribution in [0.4, 0.5) is 0 Å². The summed E-state index contributed by atoms with van der Waals surface area (Å²) in [5.41, 5.74) is 2.80. The van der Waals surface area contributed by atoms with Crippen LogP contribution in [0, 0.1) is 5.92 Å². The predicted molar refractivity (Wildman–Crippen MR) is 44.9 cm³/mol. The highest BCUT2D eigenvalue weighted by atomic mass is 16.5. The Kier molecular flexibility index (Phi) is 3.30. The Morgan fingerprint density at radius 1 is 1.73 bits per heavy atom. The van der Waals surface area contributed by atoms with Crippen LogP contribution >= 0.6 is 0 Å². The van der Waals surface area contributed by atoms with Gasteiger partial charge in [-0.2, -0.15) is 0 Å². The van der Waals surface area contributed by atoms with Crippen LogP contribution in [0.3, 0.4) is 0 Å². The van der Waals surface area contributed by atoms with E-state index in [9.17, 15) is 0 Å². The van der Waals surface area contributed by atoms with Crippen LogP contribution in [0.5, 0.6) is 0 Å². The molecule has 0 aliphatic carbocycles. The lowest BCUT2D eigenvalue weighted by Crippen LogP contribution is -2.45. The molecule has 0 spiro atoms. The van der Waals surface area contributed by atoms with Gasteiger partial charge in [0.05, 0.1) is 6.10 Å². The quantitative estimate of drug-likeness (QED) is 0.468. The molecule has 1 aliphatic heterocycles. The molecule has 1 heterocycles. The van der Waals surface area contributed by atoms with E-state index < -0.39 is 0 Å². The molecule has 1 saturated heterocycles. The number of nitrogens with one attached hydrogen (secondary N) is 1. The van der Waals surface area contributed by atoms with E-state index in [0.29, 0.717) is 18.1 Å². The van der Waals surface area contributed by atoms with Crippen LogP contribution in [0.25, 0.3) is 0 Å². The lowest BCUT2D eigenvalue weighted by molar-refractivity contribution is 0.0598. The number of hydrogen-bond acceptors (Lipinski definition) is 3. The first-order chi connectivity index (χ1) is 5.29. The monoisotopic (exact) mass is 158 g/mol. The Morgan fingerprint density at radius 3 is 2.82 bits per heavy atom. The number of hydrogen-bond donors (Lipinski definition) is 2. The molecule has 11 heavy (non-hydrogen) atoms. The van der Waals surface area contributed by atoms with E-state index in [0.717, 1.165) is 13.0 Å². The fourth-order valence-electron chi connectivity index (χ4n) is 1.68. The molecule has 3 heteroatoms. The van der Waals surface area contributed by atoms with Gasteiger partial charge in [-0.25, -0.2) is 0 Å². The van der Waals surface area contributed by atoms with Crippen molar-refractivity contribution in [1.29, 1.82) is 0 Å². The molecular formula is C8H18N2O. The summed E-state index contributed by atoms with van der Waals surface area (Å²) in [5.74, 6) is 6.04. The van der Waals surface area contributed by atoms with E-state index in [4.69, 9.17) is 10.6 Å². The topological polar surface area (TPSA) is 47.3 Å². The Hall–Kier alpha value is -0.120. The summed E-state index contributed by atoms with van der Waals surface area (Å²) < 4.78 is 5.57. The summed E-state index contributed by atoms with van der Waals surface area (Å²) in [7, 11) is 0. The summed E-state index contributed by atoms with van der Waals surface area (Å²) in [5, 5.41) is 0. The highest BCUT2D eigenvalue weighted by molar-refractivity contribution is 4.82. The average molecular weight is 158 g/mol. The molecule has 1 aliphatic rings. The lowest BCUT2D eigenvalue weighted by Gasteiger charge is -2.23. The molecule has 3 N–H and O–H groups in total. The molecule has 0 amide bonds. The summed E-state index contributed by atoms with van der Waals surface area (Å²) in [4.78, 5) is 0. The standard InChI is InChI=1S/C8H18N2O/c1-3-7(10-9)8-6(2)4-5-11-8/h6-8,10H,3-5,9H2,1-2H3. The fourth-order valence-corrected chi connectivity index (χ4v) is 1.68. The van der Waals surface area contributed by atoms with Crippen LogP contribution in [-0.2, 0) is 4.74 Å². The maximum Gasteiger partial charge on any atom is 0.0767 e. The normalized spacial score (nSPS) is 34.1. The summed E-state index contributed by atoms with van der Waals surface area (Å²) in [6.07, 6.45) is 2.53. The van der Waals surface area contributed by atoms with E-state index >= 15 is 0 Å². The van der Waals surface area contributed by atoms with Gasteiger partial charge in [0.2, 0.25) is 0 Å². The van der Waals surface area contributed by atoms with E-state index in [1.165, 1.54) is 6.42 Å². The number of ether oxygens (including phenoxy) is 1. The summed E-state index contributed by atoms with van der Waals surface area (Å²) in [6, 6.07) is 0.326. The molecule has 0 saturated carbocycles. The van der Waals surface area contributed by atoms with Gasteiger partial charge in [-0.05, 0) is 18.8 Å². The molecule has 0 aromatic carbocycles. The predicted octanol–water partition coefficient (Wildman–Crippen LogP) is 0.653. The van der Waals surface area contributed by atoms with Crippen molar-refractivity contribution < 1.29 is 4.74 Å². The van der Waals surface area contributed by atoms with Gasteiger partial charge >= 0.3 is 0 Å². The average Bonchev–Trinajstić information content (AvgIpc) is 2.40. The molecule has 0 aromatic heterocycles. The smallest absolute Gasteiger partial charge is 0.0767 e. The second-order valence-electron chi connectivity index (χ2n) is 3.28. The summed E-state index contributed by atoms with van der Waals surface area (Å²) in [6.45, 7) is 5.24. The third kappa shape index (κ3) is 1.92. The minimum atomic E-state index is 0.324. The minimum absolute atomic E-state index is 0.324. The highest BCUT2D eigenvalue weighted by Crippen LogP contribution is 2.23. The van der Waals surface area contributed by atoms with Crippen LogP contribution in [0.1, 0.15) is 26.7 Å². The van der Waals surface area contributed by atoms with Gasteiger partial charge in [0, 0.05) is 12.6 Å². The molecule has 3 nitrogen and oxygen atoms in total. The van der Waals surface area contributed by atoms with Crippen molar-refractivity contribution >= 4 is 0 Å². The Labute approximate surface area is 68.3 Å². The van der Waals surface area contributed by atoms with Crippen molar-refractivity contribution in [2.24, 2.45) is 11.8 Å². The highest BCUT2D eigenvalue weighted by Gasteiger charge is 2.30. The van der Waals surface area contributed by atoms with E-state index in [1.807, 2.05) is 0 Å². The van der Waals surface area contributed by atoms with Gasteiger partial charge in [-0.15, -0.1) is 0 Å². The first-order valence-electron chi connectivity index (χ1n) is 4.37. The zero-order valence-electron chi connectivity index (χ0n) is 7.34. The molecule has 0 bridgehead atoms. The molecule has 66 valence electrons. The van der Waals surface area contributed by atoms with Gasteiger partial charge in [-0.1, -0.05) is 13.8 Å². The first-order valence-corrected chi connectivity index (χ1v) is 4.37. The van der Waals surface area contributed by atoms with Crippen molar-refractivity contribution in [3.05, 3.63) is 0 Å². The van der Waals surface area contributed by atoms with Gasteiger partial charge in [-0.3, -0.25) is 11.3 Å². The molecule has 3 unspecified atom stereocenters. The van der Waals surface area contributed by atoms with Crippen molar-refractivity contribution in [1.82, 2.24) is 5.43 Å². The van der Waals surface area contributed by atoms with Crippen molar-refractivity contribution in [3.63, 3.8) is 0 Å². The van der Waals surface area contributed by atoms with Crippen molar-refractivity contribution in [3.8, 4) is 0 Å². The maximum atomic E-state index is 5.57. The van der Waals surface area contributed by atoms with Gasteiger partial charge in [0.25, 0.3) is 0 Å². The van der Waals surface area contributed by atoms with Crippen LogP contribution < -0.4 is 11.3 Å². The second-order valence-corrected chi connectivity index (χ2v) is 3.28. The second kappa shape index (κ2) is 4.04. The van der Waals surface area contributed by atoms with E-state index in [2.05, 4.69) is 19.3 Å². The van der Waals surface area contributed by atoms with Crippen LogP contribution in [0.2, 0.25) is 0 Å². The van der Waals surface area contributed by atoms with Crippen molar-refractivity contribution in [2.45, 2.75) is 38.8 Å². The third-order valence-electron chi connectivity index (χ3n) is 2.49. The Balaban J connectivity index is 2.43. The maximum absolute atomic E-state index is 5.57. The van der Waals surface area contributed by atoms with E-state index in [1.54, 1.807) is 0 Å². The largest absolute Gasteiger partial charge is 0.376 e. The zero-order chi connectivity index (χ0) is 8.27. The Morgan fingerprint density at radius 2 is 2.45 bits per heavy atom. The van der Waals surface area contributed by atoms with Crippen LogP contribution in [-0.4, -0.2) is 18.8 Å². The number of rotatable bonds is 3. The number of hydrazine groups is 1. The van der Waals surface area contributed by atoms with Crippen LogP contribution in [0.15, 0.2) is 0 Å². The molecule has 3 atom stereocenters. The van der Waals surface area contributed by atoms with E-state index in [-0.39, 0.29) is 0 Å². The molecule has 1 rings (SSSR count). The third-order valence-corrected chi connectivity index (χ3v) is 2.49. The van der Waals surface area contributed by atoms with Crippen molar-refractivity contribution in [2.75, 3.05) is 6.61 Å². The first kappa shape index (κ1) is 8.97. The lowest BCUT2D eigenvalue weighted by atomic mass is 9.96. The van der Waals surface area contributed by atoms with Gasteiger partial charge < -0.3 is 4.74 Å². The Bertz CT molecular complexity index is 115. The zero-order valence-corrected chi connectivity index (χ0v) is 7.34. The van der Waals surface area contributed by atoms with Gasteiger partial charge in [0.1, 0.15) is 0 Å². The number of nitrogens with two attached hydrogens (primary N) is 1. The molecule has 0 aromatic rings. The SMILES string of the molecule is CCC(NN)C1OCCC1C.